The lowest BCUT2D eigenvalue weighted by Gasteiger charge is -2.12. The third-order valence-electron chi connectivity index (χ3n) is 3.01. The van der Waals surface area contributed by atoms with Crippen LogP contribution in [0.3, 0.4) is 0 Å². The van der Waals surface area contributed by atoms with Gasteiger partial charge in [0, 0.05) is 0 Å². The van der Waals surface area contributed by atoms with E-state index in [1.165, 1.54) is 12.1 Å². The monoisotopic (exact) mass is 258 g/mol. The van der Waals surface area contributed by atoms with Crippen molar-refractivity contribution >= 4 is 11.1 Å². The first kappa shape index (κ1) is 11.7. The first-order valence-electron chi connectivity index (χ1n) is 5.77. The number of hydrogen-bond acceptors (Lipinski definition) is 3. The van der Waals surface area contributed by atoms with Gasteiger partial charge in [0.15, 0.2) is 5.58 Å². The summed E-state index contributed by atoms with van der Waals surface area (Å²) in [5.41, 5.74) is 8.55. The zero-order chi connectivity index (χ0) is 13.4. The van der Waals surface area contributed by atoms with E-state index in [2.05, 4.69) is 4.98 Å². The molecule has 0 saturated carbocycles. The highest BCUT2D eigenvalue weighted by Gasteiger charge is 2.11. The summed E-state index contributed by atoms with van der Waals surface area (Å²) in [5.74, 6) is -0.839. The molecule has 1 aromatic heterocycles. The molecule has 1 atom stereocenters. The minimum atomic E-state index is -0.508. The van der Waals surface area contributed by atoms with Gasteiger partial charge in [-0.1, -0.05) is 18.2 Å². The summed E-state index contributed by atoms with van der Waals surface area (Å²) >= 11 is 0. The Labute approximate surface area is 107 Å². The van der Waals surface area contributed by atoms with Crippen LogP contribution in [0.5, 0.6) is 0 Å². The maximum absolute atomic E-state index is 13.2. The zero-order valence-corrected chi connectivity index (χ0v) is 9.89. The average Bonchev–Trinajstić information content (AvgIpc) is 2.76. The number of oxazole rings is 1. The summed E-state index contributed by atoms with van der Waals surface area (Å²) in [4.78, 5) is 13.6. The smallest absolute Gasteiger partial charge is 0.408 e. The first-order valence-corrected chi connectivity index (χ1v) is 5.77. The third kappa shape index (κ3) is 2.15. The van der Waals surface area contributed by atoms with Crippen molar-refractivity contribution in [3.05, 3.63) is 70.0 Å². The molecule has 1 heterocycles. The predicted molar refractivity (Wildman–Crippen MR) is 69.3 cm³/mol. The summed E-state index contributed by atoms with van der Waals surface area (Å²) in [6.45, 7) is 0. The van der Waals surface area contributed by atoms with E-state index in [1.807, 2.05) is 0 Å². The normalized spacial score (nSPS) is 12.7. The van der Waals surface area contributed by atoms with Crippen LogP contribution < -0.4 is 11.5 Å². The standard InChI is InChI=1S/C14H11FN2O2/c15-10-3-1-2-8(6-10)13(16)9-4-5-11-12(7-9)19-14(18)17-11/h1-7,13H,16H2,(H,17,18). The molecule has 0 fully saturated rings. The topological polar surface area (TPSA) is 72.0 Å². The van der Waals surface area contributed by atoms with Crippen molar-refractivity contribution in [2.45, 2.75) is 6.04 Å². The second kappa shape index (κ2) is 4.37. The van der Waals surface area contributed by atoms with Crippen molar-refractivity contribution in [1.82, 2.24) is 4.98 Å². The lowest BCUT2D eigenvalue weighted by Crippen LogP contribution is -2.11. The molecule has 0 amide bonds. The third-order valence-corrected chi connectivity index (χ3v) is 3.01. The summed E-state index contributed by atoms with van der Waals surface area (Å²) in [7, 11) is 0. The minimum absolute atomic E-state index is 0.331. The lowest BCUT2D eigenvalue weighted by atomic mass is 9.99. The molecule has 0 radical (unpaired) electrons. The summed E-state index contributed by atoms with van der Waals surface area (Å²) in [5, 5.41) is 0. The van der Waals surface area contributed by atoms with E-state index >= 15 is 0 Å². The molecule has 0 aliphatic heterocycles. The molecule has 0 aliphatic carbocycles. The lowest BCUT2D eigenvalue weighted by molar-refractivity contribution is 0.555. The molecule has 19 heavy (non-hydrogen) atoms. The maximum Gasteiger partial charge on any atom is 0.417 e. The van der Waals surface area contributed by atoms with E-state index in [0.717, 1.165) is 5.56 Å². The van der Waals surface area contributed by atoms with E-state index in [1.54, 1.807) is 30.3 Å². The van der Waals surface area contributed by atoms with Gasteiger partial charge >= 0.3 is 5.76 Å². The number of rotatable bonds is 2. The van der Waals surface area contributed by atoms with Crippen molar-refractivity contribution in [2.75, 3.05) is 0 Å². The number of halogens is 1. The van der Waals surface area contributed by atoms with Gasteiger partial charge < -0.3 is 10.2 Å². The van der Waals surface area contributed by atoms with Crippen LogP contribution in [0.1, 0.15) is 17.2 Å². The zero-order valence-electron chi connectivity index (χ0n) is 9.89. The van der Waals surface area contributed by atoms with Crippen molar-refractivity contribution in [1.29, 1.82) is 0 Å². The van der Waals surface area contributed by atoms with Crippen molar-refractivity contribution in [2.24, 2.45) is 5.73 Å². The molecule has 0 bridgehead atoms. The molecule has 2 aromatic carbocycles. The Kier molecular flexibility index (Phi) is 2.68. The number of hydrogen-bond donors (Lipinski definition) is 2. The number of aromatic amines is 1. The van der Waals surface area contributed by atoms with Crippen LogP contribution in [-0.2, 0) is 0 Å². The number of fused-ring (bicyclic) bond motifs is 1. The minimum Gasteiger partial charge on any atom is -0.408 e. The Morgan fingerprint density at radius 2 is 1.95 bits per heavy atom. The second-order valence-corrected chi connectivity index (χ2v) is 4.30. The molecule has 3 rings (SSSR count). The van der Waals surface area contributed by atoms with E-state index in [0.29, 0.717) is 16.7 Å². The van der Waals surface area contributed by atoms with Crippen LogP contribution in [0.4, 0.5) is 4.39 Å². The molecule has 5 heteroatoms. The highest BCUT2D eigenvalue weighted by atomic mass is 19.1. The van der Waals surface area contributed by atoms with Crippen LogP contribution in [0, 0.1) is 5.82 Å². The fraction of sp³-hybridized carbons (Fsp3) is 0.0714. The first-order chi connectivity index (χ1) is 9.13. The quantitative estimate of drug-likeness (QED) is 0.740. The van der Waals surface area contributed by atoms with Gasteiger partial charge in [-0.2, -0.15) is 0 Å². The highest BCUT2D eigenvalue weighted by Crippen LogP contribution is 2.23. The SMILES string of the molecule is NC(c1cccc(F)c1)c1ccc2[nH]c(=O)oc2c1. The predicted octanol–water partition coefficient (Wildman–Crippen LogP) is 2.31. The molecule has 3 N–H and O–H groups in total. The van der Waals surface area contributed by atoms with Gasteiger partial charge in [-0.3, -0.25) is 4.98 Å². The van der Waals surface area contributed by atoms with E-state index in [4.69, 9.17) is 10.2 Å². The Balaban J connectivity index is 2.05. The van der Waals surface area contributed by atoms with Gasteiger partial charge in [0.05, 0.1) is 11.6 Å². The van der Waals surface area contributed by atoms with Gasteiger partial charge in [-0.05, 0) is 35.4 Å². The maximum atomic E-state index is 13.2. The number of aromatic nitrogens is 1. The summed E-state index contributed by atoms with van der Waals surface area (Å²) in [6, 6.07) is 10.8. The van der Waals surface area contributed by atoms with Crippen LogP contribution >= 0.6 is 0 Å². The summed E-state index contributed by atoms with van der Waals surface area (Å²) in [6.07, 6.45) is 0. The number of benzene rings is 2. The van der Waals surface area contributed by atoms with E-state index in [-0.39, 0.29) is 5.82 Å². The van der Waals surface area contributed by atoms with Crippen LogP contribution in [0.25, 0.3) is 11.1 Å². The molecular formula is C14H11FN2O2. The van der Waals surface area contributed by atoms with Crippen molar-refractivity contribution < 1.29 is 8.81 Å². The molecule has 96 valence electrons. The Morgan fingerprint density at radius 1 is 1.16 bits per heavy atom. The Hall–Kier alpha value is -2.40. The Morgan fingerprint density at radius 3 is 2.74 bits per heavy atom. The molecule has 0 saturated heterocycles. The average molecular weight is 258 g/mol. The molecule has 4 nitrogen and oxygen atoms in total. The molecule has 0 aliphatic rings. The molecule has 0 spiro atoms. The van der Waals surface area contributed by atoms with Crippen LogP contribution in [-0.4, -0.2) is 4.98 Å². The Bertz CT molecular complexity index is 791. The molecule has 3 aromatic rings. The van der Waals surface area contributed by atoms with E-state index in [9.17, 15) is 9.18 Å². The highest BCUT2D eigenvalue weighted by molar-refractivity contribution is 5.73. The van der Waals surface area contributed by atoms with Gasteiger partial charge in [0.25, 0.3) is 0 Å². The fourth-order valence-electron chi connectivity index (χ4n) is 2.05. The molecular weight excluding hydrogens is 247 g/mol. The van der Waals surface area contributed by atoms with Gasteiger partial charge in [0.1, 0.15) is 5.82 Å². The largest absolute Gasteiger partial charge is 0.417 e. The van der Waals surface area contributed by atoms with Crippen LogP contribution in [0.15, 0.2) is 51.7 Å². The number of nitrogens with one attached hydrogen (secondary N) is 1. The van der Waals surface area contributed by atoms with Gasteiger partial charge in [0.2, 0.25) is 0 Å². The van der Waals surface area contributed by atoms with Gasteiger partial charge in [-0.15, -0.1) is 0 Å². The summed E-state index contributed by atoms with van der Waals surface area (Å²) < 4.78 is 18.2. The number of H-pyrrole nitrogens is 1. The molecule has 1 unspecified atom stereocenters. The second-order valence-electron chi connectivity index (χ2n) is 4.30. The van der Waals surface area contributed by atoms with E-state index < -0.39 is 11.8 Å². The van der Waals surface area contributed by atoms with Crippen LogP contribution in [0.2, 0.25) is 0 Å². The van der Waals surface area contributed by atoms with Crippen molar-refractivity contribution in [3.63, 3.8) is 0 Å². The fourth-order valence-corrected chi connectivity index (χ4v) is 2.05. The van der Waals surface area contributed by atoms with Crippen molar-refractivity contribution in [3.8, 4) is 0 Å². The van der Waals surface area contributed by atoms with Gasteiger partial charge in [-0.25, -0.2) is 9.18 Å². The number of nitrogens with two attached hydrogens (primary N) is 1.